The molecule has 0 aliphatic rings. The maximum absolute atomic E-state index is 5.82. The normalized spacial score (nSPS) is 10.3. The Bertz CT molecular complexity index is 448. The molecule has 0 fully saturated rings. The molecular formula is C13H10ClS. The van der Waals surface area contributed by atoms with Crippen molar-refractivity contribution in [2.45, 2.75) is 9.79 Å². The Morgan fingerprint density at radius 3 is 2.27 bits per heavy atom. The van der Waals surface area contributed by atoms with E-state index < -0.39 is 0 Å². The van der Waals surface area contributed by atoms with Gasteiger partial charge in [0.05, 0.1) is 0 Å². The summed E-state index contributed by atoms with van der Waals surface area (Å²) in [5.74, 6) is 0. The van der Waals surface area contributed by atoms with E-state index in [9.17, 15) is 0 Å². The first kappa shape index (κ1) is 10.6. The zero-order chi connectivity index (χ0) is 10.7. The fourth-order valence-electron chi connectivity index (χ4n) is 1.23. The molecule has 0 amide bonds. The van der Waals surface area contributed by atoms with Crippen LogP contribution in [0.2, 0.25) is 5.02 Å². The van der Waals surface area contributed by atoms with Crippen molar-refractivity contribution in [2.75, 3.05) is 0 Å². The van der Waals surface area contributed by atoms with Crippen LogP contribution in [0.4, 0.5) is 0 Å². The second-order valence-electron chi connectivity index (χ2n) is 3.16. The fourth-order valence-corrected chi connectivity index (χ4v) is 2.23. The number of benzene rings is 2. The first-order valence-electron chi connectivity index (χ1n) is 4.60. The van der Waals surface area contributed by atoms with Gasteiger partial charge in [-0.05, 0) is 42.8 Å². The summed E-state index contributed by atoms with van der Waals surface area (Å²) < 4.78 is 0. The third-order valence-corrected chi connectivity index (χ3v) is 3.39. The molecule has 0 saturated carbocycles. The van der Waals surface area contributed by atoms with Crippen LogP contribution < -0.4 is 0 Å². The number of rotatable bonds is 2. The monoisotopic (exact) mass is 233 g/mol. The van der Waals surface area contributed by atoms with Crippen molar-refractivity contribution < 1.29 is 0 Å². The quantitative estimate of drug-likeness (QED) is 0.726. The molecule has 0 nitrogen and oxygen atoms in total. The summed E-state index contributed by atoms with van der Waals surface area (Å²) in [7, 11) is 0. The third-order valence-electron chi connectivity index (χ3n) is 2.01. The minimum atomic E-state index is 0.766. The van der Waals surface area contributed by atoms with Crippen LogP contribution in [0.25, 0.3) is 0 Å². The topological polar surface area (TPSA) is 0 Å². The van der Waals surface area contributed by atoms with Gasteiger partial charge in [-0.15, -0.1) is 0 Å². The number of halogens is 1. The van der Waals surface area contributed by atoms with Gasteiger partial charge < -0.3 is 0 Å². The Kier molecular flexibility index (Phi) is 3.34. The molecule has 0 bridgehead atoms. The Labute approximate surface area is 99.3 Å². The van der Waals surface area contributed by atoms with Crippen LogP contribution in [-0.2, 0) is 0 Å². The molecule has 15 heavy (non-hydrogen) atoms. The van der Waals surface area contributed by atoms with Gasteiger partial charge in [0.15, 0.2) is 0 Å². The SMILES string of the molecule is [CH2]c1ccccc1Sc1ccc(Cl)cc1. The highest BCUT2D eigenvalue weighted by Gasteiger charge is 1.99. The maximum atomic E-state index is 5.82. The zero-order valence-electron chi connectivity index (χ0n) is 8.11. The zero-order valence-corrected chi connectivity index (χ0v) is 9.68. The van der Waals surface area contributed by atoms with Crippen LogP contribution in [0.15, 0.2) is 58.3 Å². The molecule has 2 aromatic rings. The van der Waals surface area contributed by atoms with E-state index >= 15 is 0 Å². The Hall–Kier alpha value is -0.920. The van der Waals surface area contributed by atoms with E-state index in [-0.39, 0.29) is 0 Å². The van der Waals surface area contributed by atoms with Gasteiger partial charge in [-0.3, -0.25) is 0 Å². The molecule has 0 spiro atoms. The summed E-state index contributed by atoms with van der Waals surface area (Å²) in [6.07, 6.45) is 0. The van der Waals surface area contributed by atoms with Crippen molar-refractivity contribution in [1.82, 2.24) is 0 Å². The van der Waals surface area contributed by atoms with Crippen molar-refractivity contribution >= 4 is 23.4 Å². The minimum Gasteiger partial charge on any atom is -0.0898 e. The summed E-state index contributed by atoms with van der Waals surface area (Å²) in [4.78, 5) is 2.36. The molecule has 1 radical (unpaired) electrons. The van der Waals surface area contributed by atoms with Crippen LogP contribution >= 0.6 is 23.4 Å². The van der Waals surface area contributed by atoms with Gasteiger partial charge in [-0.2, -0.15) is 0 Å². The van der Waals surface area contributed by atoms with Crippen LogP contribution in [-0.4, -0.2) is 0 Å². The van der Waals surface area contributed by atoms with Crippen molar-refractivity contribution in [3.63, 3.8) is 0 Å². The van der Waals surface area contributed by atoms with Gasteiger partial charge in [0.2, 0.25) is 0 Å². The highest BCUT2D eigenvalue weighted by molar-refractivity contribution is 7.99. The molecule has 0 saturated heterocycles. The van der Waals surface area contributed by atoms with E-state index in [4.69, 9.17) is 11.6 Å². The van der Waals surface area contributed by atoms with Gasteiger partial charge in [0.1, 0.15) is 0 Å². The molecule has 0 N–H and O–H groups in total. The summed E-state index contributed by atoms with van der Waals surface area (Å²) in [6, 6.07) is 15.9. The van der Waals surface area contributed by atoms with Crippen molar-refractivity contribution in [3.05, 3.63) is 66.0 Å². The summed E-state index contributed by atoms with van der Waals surface area (Å²) in [5, 5.41) is 0.766. The smallest absolute Gasteiger partial charge is 0.0406 e. The van der Waals surface area contributed by atoms with Crippen LogP contribution in [0, 0.1) is 6.92 Å². The van der Waals surface area contributed by atoms with E-state index in [1.54, 1.807) is 11.8 Å². The number of hydrogen-bond acceptors (Lipinski definition) is 1. The van der Waals surface area contributed by atoms with E-state index in [2.05, 4.69) is 13.0 Å². The molecule has 0 aliphatic heterocycles. The predicted octanol–water partition coefficient (Wildman–Crippen LogP) is 4.67. The van der Waals surface area contributed by atoms with Crippen LogP contribution in [0.3, 0.4) is 0 Å². The molecular weight excluding hydrogens is 224 g/mol. The van der Waals surface area contributed by atoms with Crippen molar-refractivity contribution in [1.29, 1.82) is 0 Å². The maximum Gasteiger partial charge on any atom is 0.0406 e. The molecule has 0 aromatic heterocycles. The lowest BCUT2D eigenvalue weighted by molar-refractivity contribution is 1.36. The van der Waals surface area contributed by atoms with Gasteiger partial charge in [-0.25, -0.2) is 0 Å². The van der Waals surface area contributed by atoms with Gasteiger partial charge >= 0.3 is 0 Å². The second kappa shape index (κ2) is 4.73. The van der Waals surface area contributed by atoms with Gasteiger partial charge in [0.25, 0.3) is 0 Å². The Morgan fingerprint density at radius 2 is 1.60 bits per heavy atom. The fraction of sp³-hybridized carbons (Fsp3) is 0. The molecule has 75 valence electrons. The van der Waals surface area contributed by atoms with Crippen molar-refractivity contribution in [2.24, 2.45) is 0 Å². The molecule has 2 rings (SSSR count). The Morgan fingerprint density at radius 1 is 0.933 bits per heavy atom. The molecule has 2 heteroatoms. The predicted molar refractivity (Wildman–Crippen MR) is 66.5 cm³/mol. The molecule has 0 unspecified atom stereocenters. The van der Waals surface area contributed by atoms with E-state index in [0.717, 1.165) is 10.6 Å². The van der Waals surface area contributed by atoms with E-state index in [1.807, 2.05) is 42.5 Å². The lowest BCUT2D eigenvalue weighted by Gasteiger charge is -2.04. The summed E-state index contributed by atoms with van der Waals surface area (Å²) in [6.45, 7) is 3.99. The summed E-state index contributed by atoms with van der Waals surface area (Å²) >= 11 is 7.53. The standard InChI is InChI=1S/C13H10ClS/c1-10-4-2-3-5-13(10)15-12-8-6-11(14)7-9-12/h2-9H,1H2. The molecule has 2 aromatic carbocycles. The van der Waals surface area contributed by atoms with Crippen molar-refractivity contribution in [3.8, 4) is 0 Å². The first-order valence-corrected chi connectivity index (χ1v) is 5.79. The van der Waals surface area contributed by atoms with Gasteiger partial charge in [-0.1, -0.05) is 41.6 Å². The van der Waals surface area contributed by atoms with E-state index in [1.165, 1.54) is 9.79 Å². The molecule has 0 atom stereocenters. The summed E-state index contributed by atoms with van der Waals surface area (Å²) in [5.41, 5.74) is 1.05. The van der Waals surface area contributed by atoms with Gasteiger partial charge in [0, 0.05) is 14.8 Å². The highest BCUT2D eigenvalue weighted by Crippen LogP contribution is 2.30. The van der Waals surface area contributed by atoms with Crippen LogP contribution in [0.1, 0.15) is 5.56 Å². The largest absolute Gasteiger partial charge is 0.0898 e. The lowest BCUT2D eigenvalue weighted by Crippen LogP contribution is -1.78. The molecule has 0 heterocycles. The minimum absolute atomic E-state index is 0.766. The van der Waals surface area contributed by atoms with E-state index in [0.29, 0.717) is 0 Å². The Balaban J connectivity index is 2.22. The van der Waals surface area contributed by atoms with Crippen LogP contribution in [0.5, 0.6) is 0 Å². The third kappa shape index (κ3) is 2.77. The molecule has 0 aliphatic carbocycles. The number of hydrogen-bond donors (Lipinski definition) is 0. The second-order valence-corrected chi connectivity index (χ2v) is 4.72. The average molecular weight is 234 g/mol. The average Bonchev–Trinajstić information content (AvgIpc) is 2.25. The first-order chi connectivity index (χ1) is 7.25. The lowest BCUT2D eigenvalue weighted by atomic mass is 10.2. The highest BCUT2D eigenvalue weighted by atomic mass is 35.5.